The van der Waals surface area contributed by atoms with Gasteiger partial charge in [-0.15, -0.1) is 0 Å². The molecule has 1 aliphatic heterocycles. The molecule has 0 atom stereocenters. The molecule has 0 unspecified atom stereocenters. The van der Waals surface area contributed by atoms with Crippen LogP contribution in [0.5, 0.6) is 0 Å². The summed E-state index contributed by atoms with van der Waals surface area (Å²) < 4.78 is 0. The van der Waals surface area contributed by atoms with E-state index in [0.29, 0.717) is 37.2 Å². The summed E-state index contributed by atoms with van der Waals surface area (Å²) in [6, 6.07) is 16.0. The maximum absolute atomic E-state index is 13.0. The number of Topliss-reactive ketones (excluding diaryl/α,β-unsaturated/α-hetero) is 1. The molecule has 2 aromatic rings. The topological polar surface area (TPSA) is 78.5 Å². The Morgan fingerprint density at radius 1 is 0.931 bits per heavy atom. The number of para-hydroxylation sites is 1. The third kappa shape index (κ3) is 5.22. The fourth-order valence-electron chi connectivity index (χ4n) is 3.55. The van der Waals surface area contributed by atoms with Gasteiger partial charge in [0.2, 0.25) is 0 Å². The van der Waals surface area contributed by atoms with Crippen molar-refractivity contribution in [1.82, 2.24) is 10.2 Å². The molecule has 1 saturated heterocycles. The number of benzene rings is 2. The van der Waals surface area contributed by atoms with Gasteiger partial charge in [0.1, 0.15) is 0 Å². The summed E-state index contributed by atoms with van der Waals surface area (Å²) in [5.41, 5.74) is 1.67. The fraction of sp³-hybridized carbons (Fsp3) is 0.348. The zero-order chi connectivity index (χ0) is 20.8. The van der Waals surface area contributed by atoms with Crippen molar-refractivity contribution in [3.05, 3.63) is 65.7 Å². The SMILES string of the molecule is CC(C)NC(=O)Nc1ccccc1C(=O)N1CCC(C(=O)c2ccccc2)CC1. The van der Waals surface area contributed by atoms with E-state index in [2.05, 4.69) is 10.6 Å². The van der Waals surface area contributed by atoms with Crippen molar-refractivity contribution in [3.8, 4) is 0 Å². The van der Waals surface area contributed by atoms with Crippen molar-refractivity contribution < 1.29 is 14.4 Å². The number of nitrogens with one attached hydrogen (secondary N) is 2. The van der Waals surface area contributed by atoms with Crippen molar-refractivity contribution in [2.45, 2.75) is 32.7 Å². The molecule has 29 heavy (non-hydrogen) atoms. The lowest BCUT2D eigenvalue weighted by Crippen LogP contribution is -2.41. The monoisotopic (exact) mass is 393 g/mol. The van der Waals surface area contributed by atoms with Gasteiger partial charge in [0.15, 0.2) is 5.78 Å². The second kappa shape index (κ2) is 9.37. The normalized spacial score (nSPS) is 14.5. The Labute approximate surface area is 171 Å². The van der Waals surface area contributed by atoms with Crippen LogP contribution in [0.2, 0.25) is 0 Å². The average molecular weight is 393 g/mol. The Morgan fingerprint density at radius 2 is 1.55 bits per heavy atom. The summed E-state index contributed by atoms with van der Waals surface area (Å²) in [6.07, 6.45) is 1.28. The average Bonchev–Trinajstić information content (AvgIpc) is 2.73. The lowest BCUT2D eigenvalue weighted by Gasteiger charge is -2.32. The van der Waals surface area contributed by atoms with Crippen LogP contribution >= 0.6 is 0 Å². The number of hydrogen-bond donors (Lipinski definition) is 2. The van der Waals surface area contributed by atoms with E-state index < -0.39 is 0 Å². The first-order valence-corrected chi connectivity index (χ1v) is 10.0. The highest BCUT2D eigenvalue weighted by Gasteiger charge is 2.29. The second-order valence-corrected chi connectivity index (χ2v) is 7.60. The molecule has 0 spiro atoms. The smallest absolute Gasteiger partial charge is 0.319 e. The zero-order valence-electron chi connectivity index (χ0n) is 16.9. The predicted octanol–water partition coefficient (Wildman–Crippen LogP) is 3.95. The molecule has 6 nitrogen and oxygen atoms in total. The van der Waals surface area contributed by atoms with Gasteiger partial charge < -0.3 is 15.5 Å². The van der Waals surface area contributed by atoms with Crippen LogP contribution < -0.4 is 10.6 Å². The number of amides is 3. The molecule has 3 amide bonds. The summed E-state index contributed by atoms with van der Waals surface area (Å²) in [7, 11) is 0. The predicted molar refractivity (Wildman–Crippen MR) is 113 cm³/mol. The highest BCUT2D eigenvalue weighted by Crippen LogP contribution is 2.25. The maximum atomic E-state index is 13.0. The molecular weight excluding hydrogens is 366 g/mol. The van der Waals surface area contributed by atoms with Gasteiger partial charge in [-0.25, -0.2) is 4.79 Å². The molecule has 0 aliphatic carbocycles. The van der Waals surface area contributed by atoms with Crippen molar-refractivity contribution in [2.24, 2.45) is 5.92 Å². The number of urea groups is 1. The number of nitrogens with zero attached hydrogens (tertiary/aromatic N) is 1. The molecule has 0 bridgehead atoms. The van der Waals surface area contributed by atoms with Gasteiger partial charge in [-0.2, -0.15) is 0 Å². The quantitative estimate of drug-likeness (QED) is 0.755. The lowest BCUT2D eigenvalue weighted by atomic mass is 9.88. The zero-order valence-corrected chi connectivity index (χ0v) is 16.9. The minimum Gasteiger partial charge on any atom is -0.339 e. The van der Waals surface area contributed by atoms with E-state index in [1.165, 1.54) is 0 Å². The van der Waals surface area contributed by atoms with E-state index in [4.69, 9.17) is 0 Å². The second-order valence-electron chi connectivity index (χ2n) is 7.60. The van der Waals surface area contributed by atoms with Gasteiger partial charge in [0, 0.05) is 30.6 Å². The lowest BCUT2D eigenvalue weighted by molar-refractivity contribution is 0.0651. The van der Waals surface area contributed by atoms with Crippen LogP contribution in [0, 0.1) is 5.92 Å². The Bertz CT molecular complexity index is 872. The van der Waals surface area contributed by atoms with E-state index in [1.54, 1.807) is 29.2 Å². The number of carbonyl (C=O) groups is 3. The Hall–Kier alpha value is -3.15. The first kappa shape index (κ1) is 20.6. The highest BCUT2D eigenvalue weighted by molar-refractivity contribution is 6.03. The van der Waals surface area contributed by atoms with E-state index >= 15 is 0 Å². The molecule has 1 heterocycles. The van der Waals surface area contributed by atoms with Gasteiger partial charge >= 0.3 is 6.03 Å². The van der Waals surface area contributed by atoms with Crippen molar-refractivity contribution >= 4 is 23.4 Å². The van der Waals surface area contributed by atoms with Gasteiger partial charge in [-0.05, 0) is 38.8 Å². The third-order valence-corrected chi connectivity index (χ3v) is 5.04. The van der Waals surface area contributed by atoms with Crippen molar-refractivity contribution in [3.63, 3.8) is 0 Å². The van der Waals surface area contributed by atoms with E-state index in [9.17, 15) is 14.4 Å². The molecule has 0 aromatic heterocycles. The number of piperidine rings is 1. The molecule has 0 saturated carbocycles. The third-order valence-electron chi connectivity index (χ3n) is 5.04. The molecule has 152 valence electrons. The Balaban J connectivity index is 1.64. The van der Waals surface area contributed by atoms with Crippen LogP contribution in [0.1, 0.15) is 47.4 Å². The summed E-state index contributed by atoms with van der Waals surface area (Å²) >= 11 is 0. The van der Waals surface area contributed by atoms with Crippen molar-refractivity contribution in [2.75, 3.05) is 18.4 Å². The number of likely N-dealkylation sites (tertiary alicyclic amines) is 1. The first-order valence-electron chi connectivity index (χ1n) is 10.0. The van der Waals surface area contributed by atoms with Crippen molar-refractivity contribution in [1.29, 1.82) is 0 Å². The minimum absolute atomic E-state index is 0.000886. The summed E-state index contributed by atoms with van der Waals surface area (Å²) in [5.74, 6) is -0.0483. The molecule has 1 fully saturated rings. The minimum atomic E-state index is -0.340. The fourth-order valence-corrected chi connectivity index (χ4v) is 3.55. The van der Waals surface area contributed by atoms with Crippen LogP contribution in [-0.4, -0.2) is 41.8 Å². The van der Waals surface area contributed by atoms with Gasteiger partial charge in [0.25, 0.3) is 5.91 Å². The van der Waals surface area contributed by atoms with E-state index in [0.717, 1.165) is 5.56 Å². The molecule has 2 N–H and O–H groups in total. The highest BCUT2D eigenvalue weighted by atomic mass is 16.2. The van der Waals surface area contributed by atoms with E-state index in [-0.39, 0.29) is 29.7 Å². The number of carbonyl (C=O) groups excluding carboxylic acids is 3. The van der Waals surface area contributed by atoms with Crippen LogP contribution in [-0.2, 0) is 0 Å². The summed E-state index contributed by atoms with van der Waals surface area (Å²) in [5, 5.41) is 5.52. The van der Waals surface area contributed by atoms with Crippen LogP contribution in [0.15, 0.2) is 54.6 Å². The number of hydrogen-bond acceptors (Lipinski definition) is 3. The molecule has 2 aromatic carbocycles. The van der Waals surface area contributed by atoms with Crippen LogP contribution in [0.25, 0.3) is 0 Å². The maximum Gasteiger partial charge on any atom is 0.319 e. The van der Waals surface area contributed by atoms with Gasteiger partial charge in [0.05, 0.1) is 11.3 Å². The number of rotatable bonds is 5. The molecule has 6 heteroatoms. The molecule has 0 radical (unpaired) electrons. The molecule has 1 aliphatic rings. The first-order chi connectivity index (χ1) is 14.0. The molecule has 3 rings (SSSR count). The molecular formula is C23H27N3O3. The number of anilines is 1. The van der Waals surface area contributed by atoms with Crippen LogP contribution in [0.4, 0.5) is 10.5 Å². The standard InChI is InChI=1S/C23H27N3O3/c1-16(2)24-23(29)25-20-11-7-6-10-19(20)22(28)26-14-12-18(13-15-26)21(27)17-8-4-3-5-9-17/h3-11,16,18H,12-15H2,1-2H3,(H2,24,25,29). The van der Waals surface area contributed by atoms with E-state index in [1.807, 2.05) is 44.2 Å². The Morgan fingerprint density at radius 3 is 2.21 bits per heavy atom. The number of ketones is 1. The Kier molecular flexibility index (Phi) is 6.65. The summed E-state index contributed by atoms with van der Waals surface area (Å²) in [6.45, 7) is 4.79. The van der Waals surface area contributed by atoms with Gasteiger partial charge in [-0.1, -0.05) is 42.5 Å². The largest absolute Gasteiger partial charge is 0.339 e. The van der Waals surface area contributed by atoms with Crippen LogP contribution in [0.3, 0.4) is 0 Å². The summed E-state index contributed by atoms with van der Waals surface area (Å²) in [4.78, 5) is 39.5. The van der Waals surface area contributed by atoms with Gasteiger partial charge in [-0.3, -0.25) is 9.59 Å².